The van der Waals surface area contributed by atoms with Gasteiger partial charge in [0.05, 0.1) is 6.07 Å². The molecule has 0 saturated heterocycles. The van der Waals surface area contributed by atoms with Crippen molar-refractivity contribution in [2.45, 2.75) is 32.4 Å². The van der Waals surface area contributed by atoms with Crippen LogP contribution in [0.1, 0.15) is 31.2 Å². The van der Waals surface area contributed by atoms with Crippen LogP contribution in [0.25, 0.3) is 0 Å². The first-order valence-corrected chi connectivity index (χ1v) is 6.67. The van der Waals surface area contributed by atoms with Crippen molar-refractivity contribution in [3.05, 3.63) is 19.8 Å². The molecular weight excluding hydrogens is 296 g/mol. The molecule has 0 bridgehead atoms. The third kappa shape index (κ3) is 3.46. The molecule has 0 aliphatic carbocycles. The highest BCUT2D eigenvalue weighted by Gasteiger charge is 2.16. The number of nitrogens with zero attached hydrogens (tertiary/aromatic N) is 1. The quantitative estimate of drug-likeness (QED) is 0.908. The van der Waals surface area contributed by atoms with E-state index in [1.807, 2.05) is 6.07 Å². The number of nitrogens with one attached hydrogen (secondary N) is 1. The summed E-state index contributed by atoms with van der Waals surface area (Å²) in [5.74, 6) is 0. The smallest absolute Gasteiger partial charge is 0.130 e. The molecule has 1 aromatic heterocycles. The average Bonchev–Trinajstić information content (AvgIpc) is 2.55. The molecule has 1 heterocycles. The van der Waals surface area contributed by atoms with Gasteiger partial charge in [0.15, 0.2) is 0 Å². The third-order valence-electron chi connectivity index (χ3n) is 2.14. The Morgan fingerprint density at radius 3 is 2.80 bits per heavy atom. The average molecular weight is 308 g/mol. The lowest BCUT2D eigenvalue weighted by Crippen LogP contribution is -2.28. The van der Waals surface area contributed by atoms with Crippen molar-refractivity contribution in [2.75, 3.05) is 0 Å². The van der Waals surface area contributed by atoms with Gasteiger partial charge < -0.3 is 0 Å². The summed E-state index contributed by atoms with van der Waals surface area (Å²) in [4.78, 5) is 0.953. The van der Waals surface area contributed by atoms with Crippen LogP contribution in [0.15, 0.2) is 10.5 Å². The highest BCUT2D eigenvalue weighted by Crippen LogP contribution is 2.35. The van der Waals surface area contributed by atoms with Crippen LogP contribution in [0.3, 0.4) is 0 Å². The summed E-state index contributed by atoms with van der Waals surface area (Å²) in [7, 11) is 0. The van der Waals surface area contributed by atoms with E-state index in [0.717, 1.165) is 15.8 Å². The van der Waals surface area contributed by atoms with E-state index in [9.17, 15) is 0 Å². The standard InChI is InChI=1S/C10H12BrClN2S/c1-3-6(2)14-8(5-13)9-4-7(11)10(12)15-9/h4,6,8,14H,3H2,1-2H3. The fourth-order valence-electron chi connectivity index (χ4n) is 1.09. The van der Waals surface area contributed by atoms with Gasteiger partial charge >= 0.3 is 0 Å². The van der Waals surface area contributed by atoms with Crippen molar-refractivity contribution in [1.29, 1.82) is 5.26 Å². The summed E-state index contributed by atoms with van der Waals surface area (Å²) in [5, 5.41) is 12.3. The Labute approximate surface area is 107 Å². The fourth-order valence-corrected chi connectivity index (χ4v) is 2.83. The predicted octanol–water partition coefficient (Wildman–Crippen LogP) is 4.12. The molecule has 1 aromatic rings. The second-order valence-electron chi connectivity index (χ2n) is 3.31. The minimum atomic E-state index is -0.270. The van der Waals surface area contributed by atoms with E-state index < -0.39 is 0 Å². The van der Waals surface area contributed by atoms with Crippen molar-refractivity contribution < 1.29 is 0 Å². The van der Waals surface area contributed by atoms with Crippen LogP contribution in [0.4, 0.5) is 0 Å². The zero-order valence-electron chi connectivity index (χ0n) is 8.55. The fraction of sp³-hybridized carbons (Fsp3) is 0.500. The van der Waals surface area contributed by atoms with Crippen LogP contribution >= 0.6 is 38.9 Å². The molecular formula is C10H12BrClN2S. The number of hydrogen-bond acceptors (Lipinski definition) is 3. The van der Waals surface area contributed by atoms with Crippen LogP contribution < -0.4 is 5.32 Å². The van der Waals surface area contributed by atoms with Gasteiger partial charge in [-0.2, -0.15) is 5.26 Å². The van der Waals surface area contributed by atoms with Crippen molar-refractivity contribution >= 4 is 38.9 Å². The Morgan fingerprint density at radius 1 is 1.73 bits per heavy atom. The number of nitriles is 1. The largest absolute Gasteiger partial charge is 0.295 e. The lowest BCUT2D eigenvalue weighted by atomic mass is 10.2. The minimum absolute atomic E-state index is 0.270. The van der Waals surface area contributed by atoms with Gasteiger partial charge in [-0.05, 0) is 35.3 Å². The van der Waals surface area contributed by atoms with E-state index in [1.165, 1.54) is 11.3 Å². The van der Waals surface area contributed by atoms with E-state index in [2.05, 4.69) is 41.2 Å². The third-order valence-corrected chi connectivity index (χ3v) is 4.68. The molecule has 2 unspecified atom stereocenters. The first-order valence-electron chi connectivity index (χ1n) is 4.68. The Balaban J connectivity index is 2.80. The van der Waals surface area contributed by atoms with Gasteiger partial charge in [-0.25, -0.2) is 0 Å². The van der Waals surface area contributed by atoms with Gasteiger partial charge in [0.1, 0.15) is 10.4 Å². The lowest BCUT2D eigenvalue weighted by molar-refractivity contribution is 0.505. The molecule has 82 valence electrons. The van der Waals surface area contributed by atoms with Crippen molar-refractivity contribution in [2.24, 2.45) is 0 Å². The van der Waals surface area contributed by atoms with E-state index in [0.29, 0.717) is 10.4 Å². The van der Waals surface area contributed by atoms with Crippen LogP contribution in [0.2, 0.25) is 4.34 Å². The van der Waals surface area contributed by atoms with Crippen molar-refractivity contribution in [1.82, 2.24) is 5.32 Å². The maximum absolute atomic E-state index is 9.06. The summed E-state index contributed by atoms with van der Waals surface area (Å²) in [6.45, 7) is 4.15. The molecule has 5 heteroatoms. The maximum Gasteiger partial charge on any atom is 0.130 e. The number of halogens is 2. The molecule has 1 N–H and O–H groups in total. The van der Waals surface area contributed by atoms with Gasteiger partial charge in [0.2, 0.25) is 0 Å². The maximum atomic E-state index is 9.06. The molecule has 15 heavy (non-hydrogen) atoms. The minimum Gasteiger partial charge on any atom is -0.295 e. The van der Waals surface area contributed by atoms with Crippen molar-refractivity contribution in [3.63, 3.8) is 0 Å². The predicted molar refractivity (Wildman–Crippen MR) is 68.3 cm³/mol. The molecule has 0 amide bonds. The molecule has 0 aliphatic rings. The number of thiophene rings is 1. The Hall–Kier alpha value is -0.0800. The molecule has 0 radical (unpaired) electrons. The first kappa shape index (κ1) is 13.0. The van der Waals surface area contributed by atoms with Gasteiger partial charge in [0.25, 0.3) is 0 Å². The van der Waals surface area contributed by atoms with E-state index in [1.54, 1.807) is 0 Å². The highest BCUT2D eigenvalue weighted by atomic mass is 79.9. The first-order chi connectivity index (χ1) is 7.08. The molecule has 0 aliphatic heterocycles. The molecule has 0 aromatic carbocycles. The normalized spacial score (nSPS) is 14.6. The zero-order chi connectivity index (χ0) is 11.4. The summed E-state index contributed by atoms with van der Waals surface area (Å²) in [6, 6.07) is 4.20. The second kappa shape index (κ2) is 5.86. The highest BCUT2D eigenvalue weighted by molar-refractivity contribution is 9.10. The van der Waals surface area contributed by atoms with E-state index >= 15 is 0 Å². The number of rotatable bonds is 4. The van der Waals surface area contributed by atoms with Crippen molar-refractivity contribution in [3.8, 4) is 6.07 Å². The van der Waals surface area contributed by atoms with Gasteiger partial charge in [-0.15, -0.1) is 11.3 Å². The molecule has 1 rings (SSSR count). The molecule has 2 atom stereocenters. The molecule has 0 spiro atoms. The van der Waals surface area contributed by atoms with Crippen LogP contribution in [-0.2, 0) is 0 Å². The summed E-state index contributed by atoms with van der Waals surface area (Å²) >= 11 is 10.7. The second-order valence-corrected chi connectivity index (χ2v) is 5.85. The zero-order valence-corrected chi connectivity index (χ0v) is 11.7. The van der Waals surface area contributed by atoms with Gasteiger partial charge in [-0.1, -0.05) is 18.5 Å². The summed E-state index contributed by atoms with van der Waals surface area (Å²) in [5.41, 5.74) is 0. The SMILES string of the molecule is CCC(C)NC(C#N)c1cc(Br)c(Cl)s1. The summed E-state index contributed by atoms with van der Waals surface area (Å²) < 4.78 is 1.55. The Morgan fingerprint density at radius 2 is 2.40 bits per heavy atom. The molecule has 0 fully saturated rings. The van der Waals surface area contributed by atoms with Crippen LogP contribution in [0.5, 0.6) is 0 Å². The molecule has 0 saturated carbocycles. The van der Waals surface area contributed by atoms with E-state index in [4.69, 9.17) is 16.9 Å². The lowest BCUT2D eigenvalue weighted by Gasteiger charge is -2.15. The monoisotopic (exact) mass is 306 g/mol. The van der Waals surface area contributed by atoms with E-state index in [-0.39, 0.29) is 6.04 Å². The van der Waals surface area contributed by atoms with Gasteiger partial charge in [0, 0.05) is 15.4 Å². The van der Waals surface area contributed by atoms with Gasteiger partial charge in [-0.3, -0.25) is 5.32 Å². The topological polar surface area (TPSA) is 35.8 Å². The van der Waals surface area contributed by atoms with Crippen LogP contribution in [-0.4, -0.2) is 6.04 Å². The molecule has 2 nitrogen and oxygen atoms in total. The summed E-state index contributed by atoms with van der Waals surface area (Å²) in [6.07, 6.45) is 0.998. The Bertz CT molecular complexity index is 352. The Kier molecular flexibility index (Phi) is 5.07. The van der Waals surface area contributed by atoms with Crippen LogP contribution in [0, 0.1) is 11.3 Å². The number of hydrogen-bond donors (Lipinski definition) is 1.